The summed E-state index contributed by atoms with van der Waals surface area (Å²) in [5.74, 6) is -3.99. The number of nitrogens with zero attached hydrogens (tertiary/aromatic N) is 1. The molecule has 3 aliphatic rings. The van der Waals surface area contributed by atoms with Crippen LogP contribution in [0.5, 0.6) is 0 Å². The Kier molecular flexibility index (Phi) is 9.11. The van der Waals surface area contributed by atoms with E-state index in [0.29, 0.717) is 19.4 Å². The average molecular weight is 592 g/mol. The van der Waals surface area contributed by atoms with Crippen molar-refractivity contribution in [2.75, 3.05) is 6.54 Å². The fraction of sp³-hybridized carbons (Fsp3) is 0.800. The van der Waals surface area contributed by atoms with Crippen LogP contribution in [0.3, 0.4) is 0 Å². The van der Waals surface area contributed by atoms with Crippen LogP contribution >= 0.6 is 0 Å². The van der Waals surface area contributed by atoms with Crippen molar-refractivity contribution in [3.63, 3.8) is 0 Å². The first-order valence-electron chi connectivity index (χ1n) is 14.8. The molecule has 1 saturated heterocycles. The minimum atomic E-state index is -1.11. The van der Waals surface area contributed by atoms with Crippen LogP contribution in [0.4, 0.5) is 4.79 Å². The maximum Gasteiger partial charge on any atom is 0.329 e. The summed E-state index contributed by atoms with van der Waals surface area (Å²) in [7, 11) is 0. The van der Waals surface area contributed by atoms with Gasteiger partial charge in [0, 0.05) is 6.54 Å². The van der Waals surface area contributed by atoms with E-state index in [2.05, 4.69) is 16.0 Å². The van der Waals surface area contributed by atoms with Gasteiger partial charge in [-0.3, -0.25) is 19.2 Å². The minimum absolute atomic E-state index is 0.0651. The molecule has 0 aromatic heterocycles. The van der Waals surface area contributed by atoms with Gasteiger partial charge in [0.05, 0.1) is 0 Å². The molecule has 2 aliphatic carbocycles. The molecule has 0 radical (unpaired) electrons. The molecule has 12 nitrogen and oxygen atoms in total. The summed E-state index contributed by atoms with van der Waals surface area (Å²) in [4.78, 5) is 79.4. The molecular weight excluding hydrogens is 542 g/mol. The van der Waals surface area contributed by atoms with Crippen molar-refractivity contribution in [2.45, 2.75) is 112 Å². The Morgan fingerprint density at radius 1 is 0.929 bits per heavy atom. The third-order valence-corrected chi connectivity index (χ3v) is 8.68. The molecule has 0 bridgehead atoms. The lowest BCUT2D eigenvalue weighted by Crippen LogP contribution is -2.62. The molecule has 0 aromatic rings. The number of rotatable bonds is 10. The van der Waals surface area contributed by atoms with Crippen molar-refractivity contribution >= 4 is 35.5 Å². The summed E-state index contributed by atoms with van der Waals surface area (Å²) in [6.07, 6.45) is 1.39. The normalized spacial score (nSPS) is 25.0. The molecule has 6 atom stereocenters. The molecule has 5 amide bonds. The molecule has 3 fully saturated rings. The van der Waals surface area contributed by atoms with Crippen LogP contribution in [0.1, 0.15) is 82.1 Å². The van der Waals surface area contributed by atoms with Gasteiger partial charge in [-0.05, 0) is 68.1 Å². The second kappa shape index (κ2) is 11.5. The van der Waals surface area contributed by atoms with Crippen molar-refractivity contribution in [1.29, 1.82) is 0 Å². The Morgan fingerprint density at radius 2 is 1.50 bits per heavy atom. The number of nitrogens with two attached hydrogens (primary N) is 1. The van der Waals surface area contributed by atoms with Gasteiger partial charge in [0.25, 0.3) is 5.91 Å². The van der Waals surface area contributed by atoms with Gasteiger partial charge in [-0.1, -0.05) is 48.5 Å². The number of fused-ring (bicyclic) bond motifs is 1. The summed E-state index contributed by atoms with van der Waals surface area (Å²) in [5, 5.41) is 8.15. The molecule has 0 aromatic carbocycles. The van der Waals surface area contributed by atoms with Crippen molar-refractivity contribution in [3.8, 4) is 0 Å². The number of ketones is 1. The topological polar surface area (TPSA) is 177 Å². The number of Topliss-reactive ketones (excluding diaryl/α,β-unsaturated/α-hetero) is 1. The smallest absolute Gasteiger partial charge is 0.329 e. The predicted molar refractivity (Wildman–Crippen MR) is 154 cm³/mol. The molecular formula is C30H49N5O7. The maximum absolute atomic E-state index is 14.1. The summed E-state index contributed by atoms with van der Waals surface area (Å²) in [5.41, 5.74) is 3.55. The van der Waals surface area contributed by atoms with E-state index in [9.17, 15) is 28.8 Å². The van der Waals surface area contributed by atoms with E-state index in [0.717, 1.165) is 0 Å². The van der Waals surface area contributed by atoms with E-state index in [1.165, 1.54) is 4.90 Å². The van der Waals surface area contributed by atoms with E-state index in [-0.39, 0.29) is 29.1 Å². The number of urea groups is 1. The van der Waals surface area contributed by atoms with Gasteiger partial charge in [-0.15, -0.1) is 0 Å². The van der Waals surface area contributed by atoms with Crippen LogP contribution in [0.25, 0.3) is 0 Å². The summed E-state index contributed by atoms with van der Waals surface area (Å²) >= 11 is 0. The Hall–Kier alpha value is -3.18. The van der Waals surface area contributed by atoms with E-state index >= 15 is 0 Å². The number of esters is 1. The van der Waals surface area contributed by atoms with E-state index in [1.54, 1.807) is 55.4 Å². The van der Waals surface area contributed by atoms with Crippen LogP contribution in [-0.2, 0) is 28.7 Å². The molecule has 42 heavy (non-hydrogen) atoms. The fourth-order valence-corrected chi connectivity index (χ4v) is 6.02. The van der Waals surface area contributed by atoms with Gasteiger partial charge in [0.2, 0.25) is 17.6 Å². The zero-order valence-electron chi connectivity index (χ0n) is 26.6. The van der Waals surface area contributed by atoms with Crippen molar-refractivity contribution in [2.24, 2.45) is 40.2 Å². The minimum Gasteiger partial charge on any atom is -0.458 e. The first kappa shape index (κ1) is 33.3. The number of hydrogen-bond acceptors (Lipinski definition) is 7. The second-order valence-electron chi connectivity index (χ2n) is 15.1. The van der Waals surface area contributed by atoms with Gasteiger partial charge >= 0.3 is 12.0 Å². The SMILES string of the molecule is CC(C)[C@H](NC(=O)N[C@H](C(=O)N1C[C@H]2[C@@H]([C@H]1C(=O)NC(C(=O)C(N)=O)C1CC1)C2(C)C)C(C)(C)C)C(=O)OC(C)(C)C. The van der Waals surface area contributed by atoms with E-state index in [4.69, 9.17) is 10.5 Å². The molecule has 12 heteroatoms. The molecule has 1 heterocycles. The molecule has 1 aliphatic heterocycles. The number of carbonyl (C=O) groups is 6. The Balaban J connectivity index is 1.81. The van der Waals surface area contributed by atoms with Crippen LogP contribution in [0.15, 0.2) is 0 Å². The number of carbonyl (C=O) groups excluding carboxylic acids is 6. The number of likely N-dealkylation sites (tertiary alicyclic amines) is 1. The standard InChI is InChI=1S/C30H49N5O7/c1-14(2)18(26(40)42-29(6,7)8)33-27(41)34-22(28(3,4)5)25(39)35-13-16-17(30(16,9)10)20(35)24(38)32-19(15-11-12-15)21(36)23(31)37/h14-20,22H,11-13H2,1-10H3,(H2,31,37)(H,32,38)(H2,33,34,41)/t16-,17-,18-,19?,20-,22+/m0/s1. The average Bonchev–Trinajstić information content (AvgIpc) is 3.70. The van der Waals surface area contributed by atoms with Crippen molar-refractivity contribution in [3.05, 3.63) is 0 Å². The maximum atomic E-state index is 14.1. The Bertz CT molecular complexity index is 1130. The van der Waals surface area contributed by atoms with Crippen LogP contribution in [-0.4, -0.2) is 76.7 Å². The van der Waals surface area contributed by atoms with Gasteiger partial charge in [-0.2, -0.15) is 0 Å². The Morgan fingerprint density at radius 3 is 1.95 bits per heavy atom. The number of amides is 5. The molecule has 2 saturated carbocycles. The van der Waals surface area contributed by atoms with Crippen LogP contribution < -0.4 is 21.7 Å². The molecule has 3 rings (SSSR count). The molecule has 0 spiro atoms. The fourth-order valence-electron chi connectivity index (χ4n) is 6.02. The lowest BCUT2D eigenvalue weighted by atomic mass is 9.85. The zero-order chi connectivity index (χ0) is 32.1. The lowest BCUT2D eigenvalue weighted by Gasteiger charge is -2.38. The summed E-state index contributed by atoms with van der Waals surface area (Å²) in [6.45, 7) is 18.6. The van der Waals surface area contributed by atoms with Crippen LogP contribution in [0, 0.1) is 34.5 Å². The number of primary amides is 1. The predicted octanol–water partition coefficient (Wildman–Crippen LogP) is 1.50. The van der Waals surface area contributed by atoms with Gasteiger partial charge < -0.3 is 31.3 Å². The third-order valence-electron chi connectivity index (χ3n) is 8.68. The van der Waals surface area contributed by atoms with Crippen molar-refractivity contribution in [1.82, 2.24) is 20.9 Å². The molecule has 5 N–H and O–H groups in total. The number of ether oxygens (including phenoxy) is 1. The Labute approximate surface area is 248 Å². The van der Waals surface area contributed by atoms with Crippen molar-refractivity contribution < 1.29 is 33.5 Å². The van der Waals surface area contributed by atoms with Gasteiger partial charge in [0.15, 0.2) is 0 Å². The number of nitrogens with one attached hydrogen (secondary N) is 3. The quantitative estimate of drug-likeness (QED) is 0.220. The first-order valence-corrected chi connectivity index (χ1v) is 14.8. The summed E-state index contributed by atoms with van der Waals surface area (Å²) in [6, 6.07) is -4.58. The van der Waals surface area contributed by atoms with E-state index < -0.39 is 70.7 Å². The highest BCUT2D eigenvalue weighted by Crippen LogP contribution is 2.65. The second-order valence-corrected chi connectivity index (χ2v) is 15.1. The highest BCUT2D eigenvalue weighted by molar-refractivity contribution is 6.38. The van der Waals surface area contributed by atoms with Gasteiger partial charge in [-0.25, -0.2) is 9.59 Å². The first-order chi connectivity index (χ1) is 19.1. The molecule has 1 unspecified atom stereocenters. The number of piperidine rings is 1. The largest absolute Gasteiger partial charge is 0.458 e. The summed E-state index contributed by atoms with van der Waals surface area (Å²) < 4.78 is 5.47. The number of hydrogen-bond donors (Lipinski definition) is 4. The zero-order valence-corrected chi connectivity index (χ0v) is 26.6. The van der Waals surface area contributed by atoms with E-state index in [1.807, 2.05) is 13.8 Å². The van der Waals surface area contributed by atoms with Gasteiger partial charge in [0.1, 0.15) is 29.8 Å². The third kappa shape index (κ3) is 7.23. The highest BCUT2D eigenvalue weighted by atomic mass is 16.6. The highest BCUT2D eigenvalue weighted by Gasteiger charge is 2.70. The lowest BCUT2D eigenvalue weighted by molar-refractivity contribution is -0.158. The monoisotopic (exact) mass is 591 g/mol. The van der Waals surface area contributed by atoms with Crippen LogP contribution in [0.2, 0.25) is 0 Å². The molecule has 236 valence electrons.